The Kier molecular flexibility index (Phi) is 8.38. The van der Waals surface area contributed by atoms with Crippen molar-refractivity contribution in [3.63, 3.8) is 0 Å². The van der Waals surface area contributed by atoms with E-state index in [1.807, 2.05) is 4.72 Å². The summed E-state index contributed by atoms with van der Waals surface area (Å²) in [6, 6.07) is 7.99. The number of nitrogens with one attached hydrogen (secondary N) is 1. The highest BCUT2D eigenvalue weighted by Gasteiger charge is 2.32. The first-order valence-corrected chi connectivity index (χ1v) is 13.5. The van der Waals surface area contributed by atoms with E-state index in [-0.39, 0.29) is 37.2 Å². The minimum Gasteiger partial charge on any atom is -0.495 e. The lowest BCUT2D eigenvalue weighted by atomic mass is 9.93. The van der Waals surface area contributed by atoms with Crippen LogP contribution in [0, 0.1) is 17.6 Å². The summed E-state index contributed by atoms with van der Waals surface area (Å²) < 4.78 is 61.7. The number of fused-ring (bicyclic) bond motifs is 1. The summed E-state index contributed by atoms with van der Waals surface area (Å²) in [5.74, 6) is -3.12. The largest absolute Gasteiger partial charge is 0.495 e. The zero-order valence-electron chi connectivity index (χ0n) is 21.3. The fraction of sp³-hybridized carbons (Fsp3) is 0.308. The summed E-state index contributed by atoms with van der Waals surface area (Å²) in [5, 5.41) is 0. The molecule has 0 bridgehead atoms. The van der Waals surface area contributed by atoms with Crippen molar-refractivity contribution in [1.82, 2.24) is 14.7 Å². The maximum atomic E-state index is 13.8. The third-order valence-corrected chi connectivity index (χ3v) is 7.77. The van der Waals surface area contributed by atoms with Gasteiger partial charge in [0.05, 0.1) is 25.2 Å². The number of pyridine rings is 2. The molecule has 4 rings (SSSR count). The Balaban J connectivity index is 1.49. The molecule has 1 aromatic carbocycles. The smallest absolute Gasteiger partial charge is 0.327 e. The van der Waals surface area contributed by atoms with Gasteiger partial charge in [0, 0.05) is 44.3 Å². The fourth-order valence-corrected chi connectivity index (χ4v) is 5.62. The van der Waals surface area contributed by atoms with E-state index < -0.39 is 39.6 Å². The van der Waals surface area contributed by atoms with Crippen molar-refractivity contribution in [3.05, 3.63) is 77.8 Å². The zero-order chi connectivity index (χ0) is 28.2. The van der Waals surface area contributed by atoms with Crippen molar-refractivity contribution in [2.75, 3.05) is 29.9 Å². The van der Waals surface area contributed by atoms with Gasteiger partial charge in [-0.05, 0) is 48.6 Å². The van der Waals surface area contributed by atoms with Crippen molar-refractivity contribution >= 4 is 33.5 Å². The lowest BCUT2D eigenvalue weighted by molar-refractivity contribution is -0.123. The summed E-state index contributed by atoms with van der Waals surface area (Å²) in [6.07, 6.45) is 4.33. The van der Waals surface area contributed by atoms with E-state index in [1.54, 1.807) is 18.2 Å². The zero-order valence-corrected chi connectivity index (χ0v) is 22.1. The molecule has 2 aromatic heterocycles. The molecule has 1 atom stereocenters. The van der Waals surface area contributed by atoms with Crippen molar-refractivity contribution in [1.29, 1.82) is 0 Å². The molecule has 1 aliphatic heterocycles. The first kappa shape index (κ1) is 27.9. The topological polar surface area (TPSA) is 122 Å². The summed E-state index contributed by atoms with van der Waals surface area (Å²) in [4.78, 5) is 35.6. The number of nitrogens with zero attached hydrogens (tertiary/aromatic N) is 4. The molecule has 10 nitrogen and oxygen atoms in total. The van der Waals surface area contributed by atoms with E-state index in [0.717, 1.165) is 28.1 Å². The van der Waals surface area contributed by atoms with E-state index in [0.29, 0.717) is 17.9 Å². The van der Waals surface area contributed by atoms with Gasteiger partial charge in [0.25, 0.3) is 0 Å². The molecule has 206 valence electrons. The Bertz CT molecular complexity index is 1470. The average molecular weight is 560 g/mol. The molecule has 0 saturated heterocycles. The number of methoxy groups -OCH3 is 1. The van der Waals surface area contributed by atoms with Gasteiger partial charge >= 0.3 is 10.2 Å². The maximum absolute atomic E-state index is 13.8. The van der Waals surface area contributed by atoms with Crippen LogP contribution < -0.4 is 18.7 Å². The number of rotatable bonds is 10. The normalized spacial score (nSPS) is 13.5. The SMILES string of the molecule is COc1cncc(N(C)C(=O)[C@@H](CCC(=O)NS(=O)(=O)N2CCc3cccnc32)Cc2cc(F)cc(F)c2)c1. The molecule has 3 aromatic rings. The van der Waals surface area contributed by atoms with Crippen LogP contribution >= 0.6 is 0 Å². The number of carbonyl (C=O) groups is 2. The number of benzene rings is 1. The van der Waals surface area contributed by atoms with Gasteiger partial charge in [-0.1, -0.05) is 6.07 Å². The predicted octanol–water partition coefficient (Wildman–Crippen LogP) is 2.79. The molecule has 0 fully saturated rings. The minimum atomic E-state index is -4.22. The van der Waals surface area contributed by atoms with E-state index in [4.69, 9.17) is 4.74 Å². The van der Waals surface area contributed by atoms with Gasteiger partial charge in [0.1, 0.15) is 23.2 Å². The Morgan fingerprint density at radius 1 is 1.18 bits per heavy atom. The molecule has 0 radical (unpaired) electrons. The Morgan fingerprint density at radius 3 is 2.64 bits per heavy atom. The number of anilines is 2. The predicted molar refractivity (Wildman–Crippen MR) is 139 cm³/mol. The van der Waals surface area contributed by atoms with Gasteiger partial charge in [-0.15, -0.1) is 0 Å². The molecule has 0 unspecified atom stereocenters. The van der Waals surface area contributed by atoms with Gasteiger partial charge < -0.3 is 9.64 Å². The van der Waals surface area contributed by atoms with Crippen LogP contribution in [0.25, 0.3) is 0 Å². The van der Waals surface area contributed by atoms with Crippen LogP contribution in [0.4, 0.5) is 20.3 Å². The Hall–Kier alpha value is -4.13. The second-order valence-corrected chi connectivity index (χ2v) is 10.6. The lowest BCUT2D eigenvalue weighted by Gasteiger charge is -2.24. The Morgan fingerprint density at radius 2 is 1.92 bits per heavy atom. The minimum absolute atomic E-state index is 0.0846. The third-order valence-electron chi connectivity index (χ3n) is 6.35. The van der Waals surface area contributed by atoms with Crippen LogP contribution in [0.1, 0.15) is 24.0 Å². The van der Waals surface area contributed by atoms with Crippen LogP contribution in [0.3, 0.4) is 0 Å². The quantitative estimate of drug-likeness (QED) is 0.405. The first-order valence-electron chi connectivity index (χ1n) is 12.1. The van der Waals surface area contributed by atoms with Gasteiger partial charge in [0.15, 0.2) is 0 Å². The van der Waals surface area contributed by atoms with Gasteiger partial charge in [-0.25, -0.2) is 22.8 Å². The summed E-state index contributed by atoms with van der Waals surface area (Å²) >= 11 is 0. The second-order valence-electron chi connectivity index (χ2n) is 9.04. The summed E-state index contributed by atoms with van der Waals surface area (Å²) in [5.41, 5.74) is 1.37. The number of halogens is 2. The molecular formula is C26H27F2N5O5S. The van der Waals surface area contributed by atoms with E-state index in [2.05, 4.69) is 9.97 Å². The molecular weight excluding hydrogens is 532 g/mol. The van der Waals surface area contributed by atoms with Crippen molar-refractivity contribution in [2.45, 2.75) is 25.7 Å². The van der Waals surface area contributed by atoms with E-state index >= 15 is 0 Å². The first-order chi connectivity index (χ1) is 18.6. The fourth-order valence-electron chi connectivity index (χ4n) is 4.40. The molecule has 13 heteroatoms. The van der Waals surface area contributed by atoms with Crippen molar-refractivity contribution < 1.29 is 31.5 Å². The molecule has 39 heavy (non-hydrogen) atoms. The number of ether oxygens (including phenoxy) is 1. The molecule has 0 saturated carbocycles. The monoisotopic (exact) mass is 559 g/mol. The van der Waals surface area contributed by atoms with Gasteiger partial charge in [-0.2, -0.15) is 8.42 Å². The van der Waals surface area contributed by atoms with Gasteiger partial charge in [0.2, 0.25) is 11.8 Å². The number of aromatic nitrogens is 2. The standard InChI is InChI=1S/C26H27F2N5O5S/c1-32(22-14-23(38-2)16-29-15-22)26(35)19(10-17-11-20(27)13-21(28)12-17)5-6-24(34)31-39(36,37)33-9-7-18-4-3-8-30-25(18)33/h3-4,8,11-16,19H,5-7,9-10H2,1-2H3,(H,31,34)/t19-/m0/s1. The molecule has 0 spiro atoms. The number of carbonyl (C=O) groups excluding carboxylic acids is 2. The number of hydrogen-bond acceptors (Lipinski definition) is 7. The molecule has 3 heterocycles. The lowest BCUT2D eigenvalue weighted by Crippen LogP contribution is -2.43. The highest BCUT2D eigenvalue weighted by atomic mass is 32.2. The number of amides is 2. The summed E-state index contributed by atoms with van der Waals surface area (Å²) in [7, 11) is -1.27. The van der Waals surface area contributed by atoms with Crippen molar-refractivity contribution in [2.24, 2.45) is 5.92 Å². The van der Waals surface area contributed by atoms with Crippen LogP contribution in [0.5, 0.6) is 5.75 Å². The molecule has 1 N–H and O–H groups in total. The van der Waals surface area contributed by atoms with Crippen LogP contribution in [0.2, 0.25) is 0 Å². The molecule has 1 aliphatic rings. The van der Waals surface area contributed by atoms with Crippen LogP contribution in [0.15, 0.2) is 55.0 Å². The van der Waals surface area contributed by atoms with Gasteiger partial charge in [-0.3, -0.25) is 14.6 Å². The van der Waals surface area contributed by atoms with Crippen molar-refractivity contribution in [3.8, 4) is 5.75 Å². The number of hydrogen-bond donors (Lipinski definition) is 1. The van der Waals surface area contributed by atoms with E-state index in [9.17, 15) is 26.8 Å². The van der Waals surface area contributed by atoms with Crippen LogP contribution in [-0.2, 0) is 32.6 Å². The molecule has 2 amide bonds. The second kappa shape index (κ2) is 11.7. The Labute approximate surface area is 224 Å². The van der Waals surface area contributed by atoms with E-state index in [1.165, 1.54) is 37.6 Å². The molecule has 0 aliphatic carbocycles. The highest BCUT2D eigenvalue weighted by Crippen LogP contribution is 2.27. The average Bonchev–Trinajstić information content (AvgIpc) is 3.35. The highest BCUT2D eigenvalue weighted by molar-refractivity contribution is 7.91. The third kappa shape index (κ3) is 6.66. The summed E-state index contributed by atoms with van der Waals surface area (Å²) in [6.45, 7) is 0.139. The maximum Gasteiger partial charge on any atom is 0.327 e. The van der Waals surface area contributed by atoms with Crippen LogP contribution in [-0.4, -0.2) is 50.9 Å².